The number of carbonyl (C=O) groups excluding carboxylic acids is 1. The average Bonchev–Trinajstić information content (AvgIpc) is 2.21. The SMILES string of the molecule is CC(CO)CSCCS(=O)(=O)CCC(N)=O. The van der Waals surface area contributed by atoms with Crippen LogP contribution in [0.15, 0.2) is 0 Å². The predicted molar refractivity (Wildman–Crippen MR) is 66.0 cm³/mol. The monoisotopic (exact) mass is 269 g/mol. The van der Waals surface area contributed by atoms with E-state index in [1.807, 2.05) is 6.92 Å². The minimum absolute atomic E-state index is 0.0586. The number of aliphatic hydroxyl groups is 1. The number of rotatable bonds is 9. The lowest BCUT2D eigenvalue weighted by Crippen LogP contribution is -2.20. The van der Waals surface area contributed by atoms with E-state index in [0.717, 1.165) is 5.75 Å². The second-order valence-corrected chi connectivity index (χ2v) is 7.18. The summed E-state index contributed by atoms with van der Waals surface area (Å²) in [6.45, 7) is 2.01. The smallest absolute Gasteiger partial charge is 0.218 e. The first-order chi connectivity index (χ1) is 7.37. The molecule has 0 aromatic rings. The lowest BCUT2D eigenvalue weighted by atomic mass is 10.2. The molecule has 1 amide bonds. The number of thioether (sulfide) groups is 1. The van der Waals surface area contributed by atoms with Gasteiger partial charge in [0.2, 0.25) is 5.91 Å². The molecule has 0 fully saturated rings. The molecule has 96 valence electrons. The number of hydrogen-bond donors (Lipinski definition) is 2. The van der Waals surface area contributed by atoms with Crippen LogP contribution in [0.2, 0.25) is 0 Å². The second kappa shape index (κ2) is 7.92. The molecule has 5 nitrogen and oxygen atoms in total. The molecule has 0 aromatic carbocycles. The zero-order valence-corrected chi connectivity index (χ0v) is 11.0. The third kappa shape index (κ3) is 8.99. The molecular weight excluding hydrogens is 250 g/mol. The maximum absolute atomic E-state index is 11.4. The summed E-state index contributed by atoms with van der Waals surface area (Å²) in [5.41, 5.74) is 4.88. The predicted octanol–water partition coefficient (Wildman–Crippen LogP) is -0.362. The van der Waals surface area contributed by atoms with Gasteiger partial charge in [0, 0.05) is 18.8 Å². The van der Waals surface area contributed by atoms with Crippen LogP contribution >= 0.6 is 11.8 Å². The van der Waals surface area contributed by atoms with Crippen LogP contribution in [-0.2, 0) is 14.6 Å². The molecule has 3 N–H and O–H groups in total. The van der Waals surface area contributed by atoms with Gasteiger partial charge in [-0.2, -0.15) is 11.8 Å². The Hall–Kier alpha value is -0.270. The largest absolute Gasteiger partial charge is 0.396 e. The zero-order valence-electron chi connectivity index (χ0n) is 9.39. The molecule has 0 radical (unpaired) electrons. The summed E-state index contributed by atoms with van der Waals surface area (Å²) in [7, 11) is -3.17. The molecule has 0 bridgehead atoms. The maximum atomic E-state index is 11.4. The van der Waals surface area contributed by atoms with E-state index in [4.69, 9.17) is 10.8 Å². The van der Waals surface area contributed by atoms with Crippen molar-refractivity contribution in [1.82, 2.24) is 0 Å². The maximum Gasteiger partial charge on any atom is 0.218 e. The van der Waals surface area contributed by atoms with Crippen molar-refractivity contribution in [2.45, 2.75) is 13.3 Å². The molecule has 0 spiro atoms. The molecule has 0 heterocycles. The first kappa shape index (κ1) is 15.7. The van der Waals surface area contributed by atoms with Gasteiger partial charge in [0.25, 0.3) is 0 Å². The Labute approximate surface area is 101 Å². The highest BCUT2D eigenvalue weighted by molar-refractivity contribution is 8.00. The molecule has 0 aliphatic rings. The van der Waals surface area contributed by atoms with Gasteiger partial charge in [0.05, 0.1) is 11.5 Å². The second-order valence-electron chi connectivity index (χ2n) is 3.73. The molecule has 0 aliphatic heterocycles. The molecule has 0 aromatic heterocycles. The number of aliphatic hydroxyl groups excluding tert-OH is 1. The summed E-state index contributed by atoms with van der Waals surface area (Å²) in [6.07, 6.45) is -0.111. The van der Waals surface area contributed by atoms with Crippen LogP contribution in [-0.4, -0.2) is 49.0 Å². The fourth-order valence-corrected chi connectivity index (χ4v) is 3.76. The van der Waals surface area contributed by atoms with E-state index in [1.54, 1.807) is 0 Å². The van der Waals surface area contributed by atoms with Crippen molar-refractivity contribution >= 4 is 27.5 Å². The number of sulfone groups is 1. The Morgan fingerprint density at radius 2 is 2.06 bits per heavy atom. The first-order valence-electron chi connectivity index (χ1n) is 5.04. The van der Waals surface area contributed by atoms with Crippen LogP contribution in [0.3, 0.4) is 0 Å². The Bertz CT molecular complexity index is 303. The van der Waals surface area contributed by atoms with Crippen LogP contribution in [0.25, 0.3) is 0 Å². The van der Waals surface area contributed by atoms with Crippen LogP contribution in [0, 0.1) is 5.92 Å². The minimum atomic E-state index is -3.17. The molecule has 16 heavy (non-hydrogen) atoms. The third-order valence-electron chi connectivity index (χ3n) is 1.91. The summed E-state index contributed by atoms with van der Waals surface area (Å²) >= 11 is 1.49. The summed E-state index contributed by atoms with van der Waals surface area (Å²) in [4.78, 5) is 10.4. The molecule has 1 atom stereocenters. The van der Waals surface area contributed by atoms with E-state index in [1.165, 1.54) is 11.8 Å². The van der Waals surface area contributed by atoms with E-state index < -0.39 is 15.7 Å². The fourth-order valence-electron chi connectivity index (χ4n) is 0.881. The van der Waals surface area contributed by atoms with Gasteiger partial charge in [0.15, 0.2) is 9.84 Å². The molecule has 0 saturated carbocycles. The van der Waals surface area contributed by atoms with Gasteiger partial charge in [-0.15, -0.1) is 0 Å². The Morgan fingerprint density at radius 3 is 2.56 bits per heavy atom. The number of amides is 1. The van der Waals surface area contributed by atoms with Crippen LogP contribution in [0.5, 0.6) is 0 Å². The molecular formula is C9H19NO4S2. The Balaban J connectivity index is 3.70. The fraction of sp³-hybridized carbons (Fsp3) is 0.889. The standard InChI is InChI=1S/C9H19NO4S2/c1-8(6-11)7-15-3-5-16(13,14)4-2-9(10)12/h8,11H,2-7H2,1H3,(H2,10,12). The zero-order chi connectivity index (χ0) is 12.6. The van der Waals surface area contributed by atoms with E-state index in [-0.39, 0.29) is 30.5 Å². The van der Waals surface area contributed by atoms with Crippen LogP contribution in [0.1, 0.15) is 13.3 Å². The molecule has 0 saturated heterocycles. The Morgan fingerprint density at radius 1 is 1.44 bits per heavy atom. The molecule has 7 heteroatoms. The molecule has 0 aliphatic carbocycles. The topological polar surface area (TPSA) is 97.5 Å². The van der Waals surface area contributed by atoms with Gasteiger partial charge in [-0.3, -0.25) is 4.79 Å². The molecule has 1 unspecified atom stereocenters. The van der Waals surface area contributed by atoms with Gasteiger partial charge < -0.3 is 10.8 Å². The molecule has 0 rings (SSSR count). The quantitative estimate of drug-likeness (QED) is 0.557. The summed E-state index contributed by atoms with van der Waals surface area (Å²) in [5, 5.41) is 8.76. The highest BCUT2D eigenvalue weighted by Gasteiger charge is 2.12. The normalized spacial score (nSPS) is 13.6. The van der Waals surface area contributed by atoms with Gasteiger partial charge in [0.1, 0.15) is 0 Å². The highest BCUT2D eigenvalue weighted by Crippen LogP contribution is 2.08. The summed E-state index contributed by atoms with van der Waals surface area (Å²) in [6, 6.07) is 0. The minimum Gasteiger partial charge on any atom is -0.396 e. The Kier molecular flexibility index (Phi) is 7.78. The van der Waals surface area contributed by atoms with Crippen molar-refractivity contribution in [2.24, 2.45) is 11.7 Å². The van der Waals surface area contributed by atoms with Crippen molar-refractivity contribution in [3.05, 3.63) is 0 Å². The van der Waals surface area contributed by atoms with Crippen molar-refractivity contribution in [3.8, 4) is 0 Å². The van der Waals surface area contributed by atoms with Crippen LogP contribution in [0.4, 0.5) is 0 Å². The summed E-state index contributed by atoms with van der Waals surface area (Å²) in [5.74, 6) is 0.706. The van der Waals surface area contributed by atoms with Crippen molar-refractivity contribution in [2.75, 3.05) is 29.6 Å². The van der Waals surface area contributed by atoms with Gasteiger partial charge in [-0.25, -0.2) is 8.42 Å². The van der Waals surface area contributed by atoms with E-state index in [2.05, 4.69) is 0 Å². The third-order valence-corrected chi connectivity index (χ3v) is 5.12. The van der Waals surface area contributed by atoms with E-state index >= 15 is 0 Å². The van der Waals surface area contributed by atoms with Gasteiger partial charge in [-0.05, 0) is 11.7 Å². The van der Waals surface area contributed by atoms with Crippen LogP contribution < -0.4 is 5.73 Å². The van der Waals surface area contributed by atoms with Crippen molar-refractivity contribution in [3.63, 3.8) is 0 Å². The number of hydrogen-bond acceptors (Lipinski definition) is 5. The first-order valence-corrected chi connectivity index (χ1v) is 8.02. The van der Waals surface area contributed by atoms with Crippen molar-refractivity contribution in [1.29, 1.82) is 0 Å². The lowest BCUT2D eigenvalue weighted by Gasteiger charge is -2.07. The van der Waals surface area contributed by atoms with E-state index in [0.29, 0.717) is 5.75 Å². The number of nitrogens with two attached hydrogens (primary N) is 1. The van der Waals surface area contributed by atoms with Gasteiger partial charge >= 0.3 is 0 Å². The number of primary amides is 1. The van der Waals surface area contributed by atoms with E-state index in [9.17, 15) is 13.2 Å². The lowest BCUT2D eigenvalue weighted by molar-refractivity contribution is -0.117. The average molecular weight is 269 g/mol. The van der Waals surface area contributed by atoms with Crippen molar-refractivity contribution < 1.29 is 18.3 Å². The number of carbonyl (C=O) groups is 1. The highest BCUT2D eigenvalue weighted by atomic mass is 32.2. The summed E-state index contributed by atoms with van der Waals surface area (Å²) < 4.78 is 22.8. The van der Waals surface area contributed by atoms with Gasteiger partial charge in [-0.1, -0.05) is 6.92 Å².